The van der Waals surface area contributed by atoms with Gasteiger partial charge in [-0.3, -0.25) is 9.59 Å². The molecule has 5 rings (SSSR count). The molecule has 1 amide bonds. The van der Waals surface area contributed by atoms with Crippen molar-refractivity contribution in [2.24, 2.45) is 10.8 Å². The molecule has 3 heterocycles. The summed E-state index contributed by atoms with van der Waals surface area (Å²) in [6.45, 7) is 2.35. The zero-order valence-electron chi connectivity index (χ0n) is 17.5. The number of carboxylic acids is 1. The van der Waals surface area contributed by atoms with Crippen LogP contribution >= 0.6 is 0 Å². The van der Waals surface area contributed by atoms with Crippen LogP contribution in [-0.4, -0.2) is 50.3 Å². The van der Waals surface area contributed by atoms with Gasteiger partial charge in [0.1, 0.15) is 28.9 Å². The first-order valence-electron chi connectivity index (χ1n) is 10.6. The number of carbonyl (C=O) groups is 2. The lowest BCUT2D eigenvalue weighted by Gasteiger charge is -2.41. The second kappa shape index (κ2) is 7.11. The van der Waals surface area contributed by atoms with E-state index in [1.807, 2.05) is 4.90 Å². The third kappa shape index (κ3) is 3.08. The first-order valence-corrected chi connectivity index (χ1v) is 10.6. The van der Waals surface area contributed by atoms with E-state index >= 15 is 0 Å². The molecule has 1 saturated carbocycles. The lowest BCUT2D eigenvalue weighted by Crippen LogP contribution is -2.47. The molecule has 1 aliphatic heterocycles. The molecule has 2 aromatic rings. The minimum absolute atomic E-state index is 0.295. The van der Waals surface area contributed by atoms with Gasteiger partial charge in [0.15, 0.2) is 5.65 Å². The van der Waals surface area contributed by atoms with Gasteiger partial charge in [-0.05, 0) is 50.0 Å². The molecule has 2 N–H and O–H groups in total. The van der Waals surface area contributed by atoms with Crippen molar-refractivity contribution in [3.8, 4) is 0 Å². The molecule has 2 fully saturated rings. The maximum Gasteiger partial charge on any atom is 0.319 e. The molecular formula is C22H23F2N5O3. The Balaban J connectivity index is 1.46. The molecule has 2 unspecified atom stereocenters. The van der Waals surface area contributed by atoms with Crippen molar-refractivity contribution in [1.82, 2.24) is 14.6 Å². The van der Waals surface area contributed by atoms with Crippen molar-refractivity contribution in [3.63, 3.8) is 0 Å². The minimum Gasteiger partial charge on any atom is -0.480 e. The summed E-state index contributed by atoms with van der Waals surface area (Å²) in [5, 5.41) is 16.2. The number of allylic oxidation sites excluding steroid dienone is 3. The topological polar surface area (TPSA) is 99.8 Å². The molecule has 0 radical (unpaired) electrons. The normalized spacial score (nSPS) is 28.6. The molecule has 8 nitrogen and oxygen atoms in total. The fraction of sp³-hybridized carbons (Fsp3) is 0.455. The SMILES string of the molecule is CC1([C@H]2CCCN2c2ccn3ncc(NC(=O)C4(C(=O)O)CC4)c3n2)C=C(F)C=CC1F. The minimum atomic E-state index is -1.39. The van der Waals surface area contributed by atoms with Crippen molar-refractivity contribution in [2.75, 3.05) is 16.8 Å². The monoisotopic (exact) mass is 443 g/mol. The van der Waals surface area contributed by atoms with E-state index in [2.05, 4.69) is 15.4 Å². The molecular weight excluding hydrogens is 420 g/mol. The van der Waals surface area contributed by atoms with Crippen molar-refractivity contribution < 1.29 is 23.5 Å². The molecule has 2 aromatic heterocycles. The summed E-state index contributed by atoms with van der Waals surface area (Å²) in [5.74, 6) is -1.62. The number of nitrogens with one attached hydrogen (secondary N) is 1. The maximum atomic E-state index is 14.9. The second-order valence-corrected chi connectivity index (χ2v) is 8.96. The van der Waals surface area contributed by atoms with E-state index in [0.717, 1.165) is 12.5 Å². The van der Waals surface area contributed by atoms with Gasteiger partial charge in [-0.25, -0.2) is 18.3 Å². The van der Waals surface area contributed by atoms with Crippen LogP contribution in [-0.2, 0) is 9.59 Å². The fourth-order valence-electron chi connectivity index (χ4n) is 4.79. The van der Waals surface area contributed by atoms with E-state index in [1.165, 1.54) is 22.9 Å². The number of halogens is 2. The zero-order chi connectivity index (χ0) is 22.7. The summed E-state index contributed by atoms with van der Waals surface area (Å²) in [5.41, 5.74) is -1.77. The summed E-state index contributed by atoms with van der Waals surface area (Å²) in [6, 6.07) is 1.45. The Bertz CT molecular complexity index is 1170. The van der Waals surface area contributed by atoms with Crippen LogP contribution in [0, 0.1) is 10.8 Å². The molecule has 168 valence electrons. The number of alkyl halides is 1. The number of amides is 1. The van der Waals surface area contributed by atoms with Crippen LogP contribution in [0.15, 0.2) is 42.5 Å². The van der Waals surface area contributed by atoms with Crippen LogP contribution in [0.2, 0.25) is 0 Å². The maximum absolute atomic E-state index is 14.9. The van der Waals surface area contributed by atoms with Gasteiger partial charge in [0, 0.05) is 24.2 Å². The van der Waals surface area contributed by atoms with Gasteiger partial charge in [-0.1, -0.05) is 6.92 Å². The fourth-order valence-corrected chi connectivity index (χ4v) is 4.79. The van der Waals surface area contributed by atoms with E-state index in [1.54, 1.807) is 19.2 Å². The van der Waals surface area contributed by atoms with E-state index in [9.17, 15) is 23.5 Å². The van der Waals surface area contributed by atoms with Crippen LogP contribution in [0.5, 0.6) is 0 Å². The average Bonchev–Trinajstić information content (AvgIpc) is 3.27. The third-order valence-electron chi connectivity index (χ3n) is 6.93. The van der Waals surface area contributed by atoms with Crippen molar-refractivity contribution >= 4 is 29.0 Å². The van der Waals surface area contributed by atoms with Gasteiger partial charge in [-0.15, -0.1) is 0 Å². The molecule has 2 aliphatic carbocycles. The average molecular weight is 443 g/mol. The predicted molar refractivity (Wildman–Crippen MR) is 113 cm³/mol. The number of hydrogen-bond acceptors (Lipinski definition) is 5. The number of anilines is 2. The number of fused-ring (bicyclic) bond motifs is 1. The standard InChI is InChI=1S/C22H23F2N5O3/c1-21(11-13(23)4-5-15(21)24)16-3-2-9-28(16)17-6-10-29-18(27-17)14(12-25-29)26-19(30)22(7-8-22)20(31)32/h4-6,10-12,15-16H,2-3,7-9H2,1H3,(H,26,30)(H,31,32)/t15?,16-,21?/m1/s1. The predicted octanol–water partition coefficient (Wildman–Crippen LogP) is 3.27. The second-order valence-electron chi connectivity index (χ2n) is 8.96. The van der Waals surface area contributed by atoms with Crippen LogP contribution in [0.25, 0.3) is 5.65 Å². The highest BCUT2D eigenvalue weighted by atomic mass is 19.1. The van der Waals surface area contributed by atoms with E-state index < -0.39 is 34.7 Å². The third-order valence-corrected chi connectivity index (χ3v) is 6.93. The number of rotatable bonds is 5. The molecule has 3 atom stereocenters. The van der Waals surface area contributed by atoms with Crippen LogP contribution < -0.4 is 10.2 Å². The van der Waals surface area contributed by atoms with Gasteiger partial charge in [0.2, 0.25) is 5.91 Å². The largest absolute Gasteiger partial charge is 0.480 e. The van der Waals surface area contributed by atoms with Crippen LogP contribution in [0.4, 0.5) is 20.3 Å². The molecule has 1 saturated heterocycles. The number of hydrogen-bond donors (Lipinski definition) is 2. The Morgan fingerprint density at radius 2 is 2.12 bits per heavy atom. The number of nitrogens with zero attached hydrogens (tertiary/aromatic N) is 4. The number of aliphatic carboxylic acids is 1. The Labute approximate surface area is 182 Å². The highest BCUT2D eigenvalue weighted by Gasteiger charge is 2.57. The Hall–Kier alpha value is -3.30. The first kappa shape index (κ1) is 20.6. The van der Waals surface area contributed by atoms with E-state index in [4.69, 9.17) is 0 Å². The van der Waals surface area contributed by atoms with Gasteiger partial charge >= 0.3 is 5.97 Å². The van der Waals surface area contributed by atoms with Gasteiger partial charge in [0.05, 0.1) is 6.20 Å². The lowest BCUT2D eigenvalue weighted by atomic mass is 9.74. The summed E-state index contributed by atoms with van der Waals surface area (Å²) in [4.78, 5) is 30.6. The van der Waals surface area contributed by atoms with E-state index in [-0.39, 0.29) is 6.04 Å². The zero-order valence-corrected chi connectivity index (χ0v) is 17.5. The number of carboxylic acid groups (broad SMARTS) is 1. The summed E-state index contributed by atoms with van der Waals surface area (Å²) >= 11 is 0. The van der Waals surface area contributed by atoms with Gasteiger partial charge < -0.3 is 15.3 Å². The Morgan fingerprint density at radius 3 is 2.84 bits per heavy atom. The van der Waals surface area contributed by atoms with Gasteiger partial charge in [-0.2, -0.15) is 5.10 Å². The molecule has 0 spiro atoms. The number of carbonyl (C=O) groups excluding carboxylic acids is 1. The summed E-state index contributed by atoms with van der Waals surface area (Å²) in [7, 11) is 0. The summed E-state index contributed by atoms with van der Waals surface area (Å²) in [6.07, 6.45) is 7.62. The molecule has 32 heavy (non-hydrogen) atoms. The van der Waals surface area contributed by atoms with Crippen molar-refractivity contribution in [1.29, 1.82) is 0 Å². The Kier molecular flexibility index (Phi) is 4.58. The highest BCUT2D eigenvalue weighted by molar-refractivity contribution is 6.11. The first-order chi connectivity index (χ1) is 15.2. The van der Waals surface area contributed by atoms with Crippen molar-refractivity contribution in [2.45, 2.75) is 44.8 Å². The summed E-state index contributed by atoms with van der Waals surface area (Å²) < 4.78 is 30.4. The quantitative estimate of drug-likeness (QED) is 0.688. The van der Waals surface area contributed by atoms with Crippen LogP contribution in [0.1, 0.15) is 32.6 Å². The Morgan fingerprint density at radius 1 is 1.34 bits per heavy atom. The smallest absolute Gasteiger partial charge is 0.319 e. The molecule has 10 heteroatoms. The lowest BCUT2D eigenvalue weighted by molar-refractivity contribution is -0.147. The molecule has 0 bridgehead atoms. The van der Waals surface area contributed by atoms with Crippen molar-refractivity contribution in [3.05, 3.63) is 42.5 Å². The van der Waals surface area contributed by atoms with Crippen LogP contribution in [0.3, 0.4) is 0 Å². The van der Waals surface area contributed by atoms with E-state index in [0.29, 0.717) is 43.0 Å². The number of aromatic nitrogens is 3. The molecule has 3 aliphatic rings. The molecule has 0 aromatic carbocycles. The van der Waals surface area contributed by atoms with Gasteiger partial charge in [0.25, 0.3) is 0 Å². The highest BCUT2D eigenvalue weighted by Crippen LogP contribution is 2.47.